The first-order chi connectivity index (χ1) is 7.43. The molecule has 1 atom stereocenters. The minimum Gasteiger partial charge on any atom is -0.491 e. The third-order valence-corrected chi connectivity index (χ3v) is 3.07. The largest absolute Gasteiger partial charge is 0.491 e. The number of benzene rings is 1. The molecule has 90 valence electrons. The number of alkyl halides is 1. The van der Waals surface area contributed by atoms with Crippen molar-refractivity contribution < 1.29 is 17.5 Å². The molecule has 0 radical (unpaired) electrons. The standard InChI is InChI=1S/C10H14FNO3S/c1-16(13,14)10-4-2-9(3-5-10)15-7-8(11)6-12/h2-5,8H,6-7,12H2,1H3/t8-/m1/s1. The van der Waals surface area contributed by atoms with Gasteiger partial charge in [0, 0.05) is 12.8 Å². The van der Waals surface area contributed by atoms with E-state index in [4.69, 9.17) is 10.5 Å². The van der Waals surface area contributed by atoms with E-state index >= 15 is 0 Å². The van der Waals surface area contributed by atoms with Gasteiger partial charge in [-0.2, -0.15) is 0 Å². The van der Waals surface area contributed by atoms with Gasteiger partial charge in [-0.05, 0) is 24.3 Å². The molecule has 6 heteroatoms. The number of nitrogens with two attached hydrogens (primary N) is 1. The van der Waals surface area contributed by atoms with E-state index in [0.717, 1.165) is 6.26 Å². The average molecular weight is 247 g/mol. The highest BCUT2D eigenvalue weighted by atomic mass is 32.2. The number of rotatable bonds is 5. The van der Waals surface area contributed by atoms with Gasteiger partial charge >= 0.3 is 0 Å². The maximum Gasteiger partial charge on any atom is 0.175 e. The van der Waals surface area contributed by atoms with Crippen LogP contribution in [0.15, 0.2) is 29.2 Å². The third kappa shape index (κ3) is 3.79. The molecule has 0 amide bonds. The molecular weight excluding hydrogens is 233 g/mol. The minimum atomic E-state index is -3.21. The van der Waals surface area contributed by atoms with Crippen LogP contribution in [0.25, 0.3) is 0 Å². The summed E-state index contributed by atoms with van der Waals surface area (Å²) in [4.78, 5) is 0.204. The SMILES string of the molecule is CS(=O)(=O)c1ccc(OC[C@H](F)CN)cc1. The molecule has 0 bridgehead atoms. The average Bonchev–Trinajstić information content (AvgIpc) is 2.25. The Kier molecular flexibility index (Phi) is 4.26. The molecule has 0 saturated carbocycles. The van der Waals surface area contributed by atoms with Gasteiger partial charge in [-0.25, -0.2) is 12.8 Å². The highest BCUT2D eigenvalue weighted by molar-refractivity contribution is 7.90. The van der Waals surface area contributed by atoms with E-state index in [-0.39, 0.29) is 18.0 Å². The molecule has 4 nitrogen and oxygen atoms in total. The third-order valence-electron chi connectivity index (χ3n) is 1.94. The van der Waals surface area contributed by atoms with Crippen molar-refractivity contribution in [2.75, 3.05) is 19.4 Å². The summed E-state index contributed by atoms with van der Waals surface area (Å²) in [5.41, 5.74) is 5.08. The fraction of sp³-hybridized carbons (Fsp3) is 0.400. The predicted molar refractivity (Wildman–Crippen MR) is 59.0 cm³/mol. The molecule has 1 rings (SSSR count). The second kappa shape index (κ2) is 5.27. The van der Waals surface area contributed by atoms with Crippen molar-refractivity contribution in [3.8, 4) is 5.75 Å². The van der Waals surface area contributed by atoms with E-state index in [1.54, 1.807) is 0 Å². The fourth-order valence-corrected chi connectivity index (χ4v) is 1.67. The van der Waals surface area contributed by atoms with Crippen molar-refractivity contribution in [2.24, 2.45) is 5.73 Å². The second-order valence-corrected chi connectivity index (χ2v) is 5.40. The first kappa shape index (κ1) is 12.9. The number of sulfone groups is 1. The number of ether oxygens (including phenoxy) is 1. The topological polar surface area (TPSA) is 69.4 Å². The molecule has 16 heavy (non-hydrogen) atoms. The molecule has 0 aliphatic heterocycles. The monoisotopic (exact) mass is 247 g/mol. The summed E-state index contributed by atoms with van der Waals surface area (Å²) in [7, 11) is -3.21. The molecule has 0 saturated heterocycles. The van der Waals surface area contributed by atoms with Gasteiger partial charge in [0.15, 0.2) is 9.84 Å². The van der Waals surface area contributed by atoms with Crippen LogP contribution in [-0.2, 0) is 9.84 Å². The van der Waals surface area contributed by atoms with Crippen LogP contribution < -0.4 is 10.5 Å². The zero-order chi connectivity index (χ0) is 12.2. The Bertz CT molecular complexity index is 430. The normalized spacial score (nSPS) is 13.4. The molecule has 0 fully saturated rings. The van der Waals surface area contributed by atoms with Crippen LogP contribution in [0.4, 0.5) is 4.39 Å². The highest BCUT2D eigenvalue weighted by Gasteiger charge is 2.08. The van der Waals surface area contributed by atoms with Crippen LogP contribution in [-0.4, -0.2) is 34.0 Å². The van der Waals surface area contributed by atoms with Crippen molar-refractivity contribution >= 4 is 9.84 Å². The van der Waals surface area contributed by atoms with Gasteiger partial charge in [-0.1, -0.05) is 0 Å². The summed E-state index contributed by atoms with van der Waals surface area (Å²) in [6.45, 7) is -0.226. The van der Waals surface area contributed by atoms with Gasteiger partial charge in [-0.3, -0.25) is 0 Å². The lowest BCUT2D eigenvalue weighted by molar-refractivity contribution is 0.201. The number of hydrogen-bond acceptors (Lipinski definition) is 4. The van der Waals surface area contributed by atoms with Gasteiger partial charge in [0.1, 0.15) is 18.5 Å². The van der Waals surface area contributed by atoms with Crippen molar-refractivity contribution in [1.29, 1.82) is 0 Å². The van der Waals surface area contributed by atoms with Crippen LogP contribution >= 0.6 is 0 Å². The number of hydrogen-bond donors (Lipinski definition) is 1. The summed E-state index contributed by atoms with van der Waals surface area (Å²) in [6.07, 6.45) is -0.0934. The van der Waals surface area contributed by atoms with Crippen LogP contribution in [0.3, 0.4) is 0 Å². The van der Waals surface area contributed by atoms with Crippen LogP contribution in [0.1, 0.15) is 0 Å². The molecule has 0 unspecified atom stereocenters. The molecular formula is C10H14FNO3S. The Morgan fingerprint density at radius 3 is 2.38 bits per heavy atom. The Hall–Kier alpha value is -1.14. The summed E-state index contributed by atoms with van der Waals surface area (Å²) < 4.78 is 40.1. The predicted octanol–water partition coefficient (Wildman–Crippen LogP) is 0.766. The lowest BCUT2D eigenvalue weighted by Crippen LogP contribution is -2.22. The molecule has 2 N–H and O–H groups in total. The van der Waals surface area contributed by atoms with Crippen molar-refractivity contribution in [3.05, 3.63) is 24.3 Å². The minimum absolute atomic E-state index is 0.0958. The summed E-state index contributed by atoms with van der Waals surface area (Å²) in [5, 5.41) is 0. The Morgan fingerprint density at radius 2 is 1.94 bits per heavy atom. The van der Waals surface area contributed by atoms with Crippen molar-refractivity contribution in [3.63, 3.8) is 0 Å². The summed E-state index contributed by atoms with van der Waals surface area (Å²) in [5.74, 6) is 0.420. The quantitative estimate of drug-likeness (QED) is 0.834. The molecule has 0 aliphatic carbocycles. The maximum atomic E-state index is 12.7. The first-order valence-electron chi connectivity index (χ1n) is 4.70. The van der Waals surface area contributed by atoms with E-state index < -0.39 is 16.0 Å². The summed E-state index contributed by atoms with van der Waals surface area (Å²) in [6, 6.07) is 5.81. The lowest BCUT2D eigenvalue weighted by Gasteiger charge is -2.08. The van der Waals surface area contributed by atoms with E-state index in [2.05, 4.69) is 0 Å². The van der Waals surface area contributed by atoms with Gasteiger partial charge in [0.25, 0.3) is 0 Å². The van der Waals surface area contributed by atoms with Gasteiger partial charge in [0.2, 0.25) is 0 Å². The van der Waals surface area contributed by atoms with Gasteiger partial charge in [-0.15, -0.1) is 0 Å². The van der Waals surface area contributed by atoms with E-state index in [1.165, 1.54) is 24.3 Å². The van der Waals surface area contributed by atoms with E-state index in [9.17, 15) is 12.8 Å². The molecule has 1 aromatic rings. The molecule has 0 aromatic heterocycles. The van der Waals surface area contributed by atoms with E-state index in [1.807, 2.05) is 0 Å². The van der Waals surface area contributed by atoms with Crippen LogP contribution in [0.2, 0.25) is 0 Å². The Morgan fingerprint density at radius 1 is 1.38 bits per heavy atom. The Labute approximate surface area is 94.1 Å². The van der Waals surface area contributed by atoms with Crippen molar-refractivity contribution in [2.45, 2.75) is 11.1 Å². The van der Waals surface area contributed by atoms with Crippen LogP contribution in [0.5, 0.6) is 5.75 Å². The molecule has 0 aliphatic rings. The Balaban J connectivity index is 2.66. The zero-order valence-corrected chi connectivity index (χ0v) is 9.71. The van der Waals surface area contributed by atoms with Crippen molar-refractivity contribution in [1.82, 2.24) is 0 Å². The first-order valence-corrected chi connectivity index (χ1v) is 6.59. The van der Waals surface area contributed by atoms with Gasteiger partial charge < -0.3 is 10.5 Å². The molecule has 0 heterocycles. The highest BCUT2D eigenvalue weighted by Crippen LogP contribution is 2.16. The molecule has 0 spiro atoms. The zero-order valence-electron chi connectivity index (χ0n) is 8.89. The molecule has 1 aromatic carbocycles. The fourth-order valence-electron chi connectivity index (χ4n) is 1.04. The van der Waals surface area contributed by atoms with Crippen LogP contribution in [0, 0.1) is 0 Å². The smallest absolute Gasteiger partial charge is 0.175 e. The number of halogens is 1. The maximum absolute atomic E-state index is 12.7. The lowest BCUT2D eigenvalue weighted by atomic mass is 10.3. The second-order valence-electron chi connectivity index (χ2n) is 3.39. The van der Waals surface area contributed by atoms with E-state index in [0.29, 0.717) is 5.75 Å². The van der Waals surface area contributed by atoms with Gasteiger partial charge in [0.05, 0.1) is 4.90 Å². The summed E-state index contributed by atoms with van der Waals surface area (Å²) >= 11 is 0.